The normalized spacial score (nSPS) is 12.2. The molecule has 33 heavy (non-hydrogen) atoms. The van der Waals surface area contributed by atoms with Crippen LogP contribution < -0.4 is 19.5 Å². The third-order valence-corrected chi connectivity index (χ3v) is 6.17. The van der Waals surface area contributed by atoms with Gasteiger partial charge in [-0.05, 0) is 30.5 Å². The number of amides is 1. The van der Waals surface area contributed by atoms with Crippen LogP contribution in [0.15, 0.2) is 65.8 Å². The van der Waals surface area contributed by atoms with Gasteiger partial charge in [-0.3, -0.25) is 4.79 Å². The van der Waals surface area contributed by atoms with Gasteiger partial charge in [-0.1, -0.05) is 48.2 Å². The van der Waals surface area contributed by atoms with Gasteiger partial charge in [0.05, 0.1) is 5.75 Å². The van der Waals surface area contributed by atoms with Crippen LogP contribution in [0.3, 0.4) is 0 Å². The molecule has 0 bridgehead atoms. The van der Waals surface area contributed by atoms with E-state index in [1.807, 2.05) is 41.8 Å². The van der Waals surface area contributed by atoms with Gasteiger partial charge >= 0.3 is 0 Å². The van der Waals surface area contributed by atoms with Crippen LogP contribution in [-0.4, -0.2) is 33.2 Å². The summed E-state index contributed by atoms with van der Waals surface area (Å²) in [6.07, 6.45) is 0. The van der Waals surface area contributed by atoms with Crippen LogP contribution in [0.5, 0.6) is 17.2 Å². The van der Waals surface area contributed by atoms with Gasteiger partial charge in [0.1, 0.15) is 12.4 Å². The Morgan fingerprint density at radius 3 is 2.85 bits per heavy atom. The number of ether oxygens (including phenoxy) is 3. The molecule has 0 saturated heterocycles. The minimum atomic E-state index is -0.141. The van der Waals surface area contributed by atoms with Crippen molar-refractivity contribution >= 4 is 34.1 Å². The fraction of sp³-hybridized carbons (Fsp3) is 0.208. The molecule has 9 heteroatoms. The van der Waals surface area contributed by atoms with Gasteiger partial charge in [0.15, 0.2) is 22.5 Å². The van der Waals surface area contributed by atoms with E-state index in [0.29, 0.717) is 41.3 Å². The largest absolute Gasteiger partial charge is 0.485 e. The number of fused-ring (bicyclic) bond motifs is 2. The highest BCUT2D eigenvalue weighted by Crippen LogP contribution is 2.34. The molecule has 0 fully saturated rings. The number of thioether (sulfide) groups is 1. The summed E-state index contributed by atoms with van der Waals surface area (Å²) < 4.78 is 18.7. The number of hydrogen-bond acceptors (Lipinski definition) is 7. The topological polar surface area (TPSA) is 87.5 Å². The molecule has 1 N–H and O–H groups in total. The molecular weight excluding hydrogens is 440 g/mol. The Morgan fingerprint density at radius 2 is 1.94 bits per heavy atom. The molecule has 0 atom stereocenters. The molecule has 0 spiro atoms. The fourth-order valence-corrected chi connectivity index (χ4v) is 4.44. The van der Waals surface area contributed by atoms with Gasteiger partial charge < -0.3 is 24.1 Å². The van der Waals surface area contributed by atoms with Crippen molar-refractivity contribution in [1.29, 1.82) is 0 Å². The van der Waals surface area contributed by atoms with Crippen LogP contribution in [0.25, 0.3) is 10.8 Å². The van der Waals surface area contributed by atoms with E-state index in [1.54, 1.807) is 18.2 Å². The number of nitrogens with zero attached hydrogens (tertiary/aromatic N) is 3. The maximum Gasteiger partial charge on any atom is 0.234 e. The number of hydrogen-bond donors (Lipinski definition) is 1. The highest BCUT2D eigenvalue weighted by atomic mass is 32.2. The van der Waals surface area contributed by atoms with Gasteiger partial charge in [-0.15, -0.1) is 10.2 Å². The number of aromatic nitrogens is 3. The summed E-state index contributed by atoms with van der Waals surface area (Å²) in [6.45, 7) is 3.18. The van der Waals surface area contributed by atoms with Gasteiger partial charge in [-0.2, -0.15) is 0 Å². The summed E-state index contributed by atoms with van der Waals surface area (Å²) in [5.74, 6) is 2.88. The molecule has 0 saturated carbocycles. The maximum absolute atomic E-state index is 12.4. The molecule has 0 aliphatic carbocycles. The Morgan fingerprint density at radius 1 is 1.09 bits per heavy atom. The smallest absolute Gasteiger partial charge is 0.234 e. The van der Waals surface area contributed by atoms with Gasteiger partial charge in [0.25, 0.3) is 0 Å². The second-order valence-corrected chi connectivity index (χ2v) is 8.26. The lowest BCUT2D eigenvalue weighted by molar-refractivity contribution is -0.113. The summed E-state index contributed by atoms with van der Waals surface area (Å²) in [6, 6.07) is 19.4. The molecule has 4 aromatic rings. The van der Waals surface area contributed by atoms with Crippen molar-refractivity contribution in [3.8, 4) is 17.2 Å². The average Bonchev–Trinajstić information content (AvgIpc) is 3.47. The molecule has 0 unspecified atom stereocenters. The van der Waals surface area contributed by atoms with Crippen molar-refractivity contribution in [3.63, 3.8) is 0 Å². The van der Waals surface area contributed by atoms with Crippen molar-refractivity contribution in [3.05, 3.63) is 66.5 Å². The molecule has 168 valence electrons. The van der Waals surface area contributed by atoms with Crippen LogP contribution in [0.2, 0.25) is 0 Å². The SMILES string of the molecule is CCn1c(COc2cccc3ccccc23)nnc1SCC(=O)Nc1ccc2c(c1)OCO2. The maximum atomic E-state index is 12.4. The lowest BCUT2D eigenvalue weighted by atomic mass is 10.1. The molecule has 8 nitrogen and oxygen atoms in total. The number of rotatable bonds is 8. The summed E-state index contributed by atoms with van der Waals surface area (Å²) in [5.41, 5.74) is 0.658. The molecule has 2 heterocycles. The predicted octanol–water partition coefficient (Wildman–Crippen LogP) is 4.49. The van der Waals surface area contributed by atoms with Crippen molar-refractivity contribution < 1.29 is 19.0 Å². The molecule has 1 aliphatic rings. The Balaban J connectivity index is 1.21. The third-order valence-electron chi connectivity index (χ3n) is 5.20. The minimum Gasteiger partial charge on any atom is -0.485 e. The highest BCUT2D eigenvalue weighted by Gasteiger charge is 2.16. The van der Waals surface area contributed by atoms with E-state index >= 15 is 0 Å². The van der Waals surface area contributed by atoms with Crippen LogP contribution in [0.4, 0.5) is 5.69 Å². The number of carbonyl (C=O) groups is 1. The Labute approximate surface area is 194 Å². The molecule has 1 amide bonds. The average molecular weight is 463 g/mol. The first-order valence-electron chi connectivity index (χ1n) is 10.6. The first-order valence-corrected chi connectivity index (χ1v) is 11.5. The Bertz CT molecular complexity index is 1300. The van der Waals surface area contributed by atoms with E-state index in [4.69, 9.17) is 14.2 Å². The van der Waals surface area contributed by atoms with E-state index < -0.39 is 0 Å². The van der Waals surface area contributed by atoms with E-state index in [2.05, 4.69) is 27.6 Å². The second kappa shape index (κ2) is 9.41. The lowest BCUT2D eigenvalue weighted by Crippen LogP contribution is -2.15. The summed E-state index contributed by atoms with van der Waals surface area (Å²) in [4.78, 5) is 12.4. The van der Waals surface area contributed by atoms with E-state index in [-0.39, 0.29) is 18.5 Å². The van der Waals surface area contributed by atoms with E-state index in [9.17, 15) is 4.79 Å². The quantitative estimate of drug-likeness (QED) is 0.386. The zero-order valence-corrected chi connectivity index (χ0v) is 18.8. The predicted molar refractivity (Wildman–Crippen MR) is 126 cm³/mol. The molecule has 3 aromatic carbocycles. The summed E-state index contributed by atoms with van der Waals surface area (Å²) in [5, 5.41) is 14.3. The zero-order valence-electron chi connectivity index (χ0n) is 18.0. The van der Waals surface area contributed by atoms with Gasteiger partial charge in [0, 0.05) is 23.7 Å². The van der Waals surface area contributed by atoms with Crippen LogP contribution in [0, 0.1) is 0 Å². The lowest BCUT2D eigenvalue weighted by Gasteiger charge is -2.11. The molecule has 5 rings (SSSR count). The Hall–Kier alpha value is -3.72. The summed E-state index contributed by atoms with van der Waals surface area (Å²) in [7, 11) is 0. The number of anilines is 1. The van der Waals surface area contributed by atoms with E-state index in [0.717, 1.165) is 16.5 Å². The van der Waals surface area contributed by atoms with Crippen molar-refractivity contribution in [2.24, 2.45) is 0 Å². The molecule has 1 aromatic heterocycles. The molecule has 1 aliphatic heterocycles. The van der Waals surface area contributed by atoms with Crippen molar-refractivity contribution in [2.45, 2.75) is 25.2 Å². The Kier molecular flexibility index (Phi) is 6.03. The summed E-state index contributed by atoms with van der Waals surface area (Å²) >= 11 is 1.34. The number of carbonyl (C=O) groups excluding carboxylic acids is 1. The fourth-order valence-electron chi connectivity index (χ4n) is 3.62. The number of benzene rings is 3. The van der Waals surface area contributed by atoms with Gasteiger partial charge in [-0.25, -0.2) is 0 Å². The molecule has 0 radical (unpaired) electrons. The van der Waals surface area contributed by atoms with Crippen LogP contribution in [-0.2, 0) is 17.9 Å². The zero-order chi connectivity index (χ0) is 22.6. The first-order chi connectivity index (χ1) is 16.2. The molecular formula is C24H22N4O4S. The standard InChI is InChI=1S/C24H22N4O4S/c1-2-28-22(13-30-19-9-5-7-16-6-3-4-8-18(16)19)26-27-24(28)33-14-23(29)25-17-10-11-20-21(12-17)32-15-31-20/h3-12H,2,13-15H2,1H3,(H,25,29). The monoisotopic (exact) mass is 462 g/mol. The van der Waals surface area contributed by atoms with Crippen LogP contribution >= 0.6 is 11.8 Å². The second-order valence-electron chi connectivity index (χ2n) is 7.31. The highest BCUT2D eigenvalue weighted by molar-refractivity contribution is 7.99. The van der Waals surface area contributed by atoms with Crippen LogP contribution in [0.1, 0.15) is 12.7 Å². The number of nitrogens with one attached hydrogen (secondary N) is 1. The third kappa shape index (κ3) is 4.58. The van der Waals surface area contributed by atoms with Crippen molar-refractivity contribution in [1.82, 2.24) is 14.8 Å². The van der Waals surface area contributed by atoms with Gasteiger partial charge in [0.2, 0.25) is 12.7 Å². The van der Waals surface area contributed by atoms with E-state index in [1.165, 1.54) is 11.8 Å². The minimum absolute atomic E-state index is 0.141. The first kappa shape index (κ1) is 21.1. The van der Waals surface area contributed by atoms with Crippen molar-refractivity contribution in [2.75, 3.05) is 17.9 Å².